The summed E-state index contributed by atoms with van der Waals surface area (Å²) in [6.45, 7) is 7.84. The minimum absolute atomic E-state index is 0.0551. The highest BCUT2D eigenvalue weighted by Crippen LogP contribution is 2.51. The van der Waals surface area contributed by atoms with Crippen LogP contribution in [-0.4, -0.2) is 34.9 Å². The Labute approximate surface area is 132 Å². The lowest BCUT2D eigenvalue weighted by molar-refractivity contribution is -0.563. The van der Waals surface area contributed by atoms with Crippen molar-refractivity contribution in [2.75, 3.05) is 13.6 Å². The maximum Gasteiger partial charge on any atom is 0.235 e. The molecule has 2 heteroatoms. The molecule has 0 unspecified atom stereocenters. The van der Waals surface area contributed by atoms with E-state index in [1.54, 1.807) is 0 Å². The van der Waals surface area contributed by atoms with Gasteiger partial charge in [0.15, 0.2) is 5.54 Å². The van der Waals surface area contributed by atoms with Gasteiger partial charge in [-0.2, -0.15) is 0 Å². The fourth-order valence-electron chi connectivity index (χ4n) is 3.97. The normalized spacial score (nSPS) is 18.4. The molecular weight excluding hydrogens is 268 g/mol. The first-order valence-electron chi connectivity index (χ1n) is 7.99. The highest BCUT2D eigenvalue weighted by atomic mass is 15.3. The summed E-state index contributed by atoms with van der Waals surface area (Å²) in [6, 6.07) is 17.7. The average Bonchev–Trinajstić information content (AvgIpc) is 2.99. The van der Waals surface area contributed by atoms with Crippen LogP contribution in [0.25, 0.3) is 11.1 Å². The van der Waals surface area contributed by atoms with Crippen molar-refractivity contribution in [1.82, 2.24) is 4.90 Å². The molecule has 2 aliphatic rings. The standard InChI is InChI=1S/C20H23N2/c1-19(2,3)22-13-20(21(4)14-22)17-11-7-5-9-15(17)16-10-6-8-12-18(16)20/h5-12,14H,13H2,1-4H3/q+1. The Hall–Kier alpha value is -2.09. The van der Waals surface area contributed by atoms with Crippen LogP contribution in [-0.2, 0) is 5.54 Å². The molecule has 2 nitrogen and oxygen atoms in total. The fraction of sp³-hybridized carbons (Fsp3) is 0.350. The van der Waals surface area contributed by atoms with Crippen LogP contribution in [0.4, 0.5) is 0 Å². The third-order valence-electron chi connectivity index (χ3n) is 5.21. The topological polar surface area (TPSA) is 6.25 Å². The van der Waals surface area contributed by atoms with E-state index in [9.17, 15) is 0 Å². The summed E-state index contributed by atoms with van der Waals surface area (Å²) < 4.78 is 2.41. The predicted molar refractivity (Wildman–Crippen MR) is 91.4 cm³/mol. The van der Waals surface area contributed by atoms with Crippen molar-refractivity contribution in [2.45, 2.75) is 31.8 Å². The third kappa shape index (κ3) is 1.58. The molecule has 112 valence electrons. The second-order valence-corrected chi connectivity index (χ2v) is 7.48. The molecule has 0 atom stereocenters. The summed E-state index contributed by atoms with van der Waals surface area (Å²) in [4.78, 5) is 2.46. The minimum Gasteiger partial charge on any atom is -0.258 e. The van der Waals surface area contributed by atoms with Gasteiger partial charge in [-0.3, -0.25) is 9.48 Å². The van der Waals surface area contributed by atoms with Gasteiger partial charge in [0, 0.05) is 11.1 Å². The number of rotatable bonds is 0. The van der Waals surface area contributed by atoms with E-state index in [2.05, 4.69) is 92.2 Å². The zero-order chi connectivity index (χ0) is 15.5. The maximum absolute atomic E-state index is 2.46. The van der Waals surface area contributed by atoms with Crippen LogP contribution in [0.1, 0.15) is 31.9 Å². The molecule has 1 aliphatic carbocycles. The van der Waals surface area contributed by atoms with E-state index in [4.69, 9.17) is 0 Å². The van der Waals surface area contributed by atoms with E-state index in [0.29, 0.717) is 0 Å². The lowest BCUT2D eigenvalue weighted by Crippen LogP contribution is -2.44. The van der Waals surface area contributed by atoms with E-state index < -0.39 is 0 Å². The Balaban J connectivity index is 1.99. The molecule has 1 heterocycles. The molecule has 0 saturated heterocycles. The maximum atomic E-state index is 2.46. The second kappa shape index (κ2) is 4.22. The molecule has 4 rings (SSSR count). The largest absolute Gasteiger partial charge is 0.258 e. The Bertz CT molecular complexity index is 735. The smallest absolute Gasteiger partial charge is 0.235 e. The van der Waals surface area contributed by atoms with Crippen molar-refractivity contribution in [3.8, 4) is 11.1 Å². The highest BCUT2D eigenvalue weighted by molar-refractivity contribution is 5.81. The second-order valence-electron chi connectivity index (χ2n) is 7.48. The number of fused-ring (bicyclic) bond motifs is 5. The van der Waals surface area contributed by atoms with Gasteiger partial charge >= 0.3 is 0 Å². The van der Waals surface area contributed by atoms with Crippen LogP contribution < -0.4 is 0 Å². The molecule has 0 bridgehead atoms. The van der Waals surface area contributed by atoms with Crippen molar-refractivity contribution < 1.29 is 4.58 Å². The Kier molecular flexibility index (Phi) is 2.60. The zero-order valence-corrected chi connectivity index (χ0v) is 13.8. The van der Waals surface area contributed by atoms with Crippen LogP contribution in [0.2, 0.25) is 0 Å². The van der Waals surface area contributed by atoms with Crippen molar-refractivity contribution in [2.24, 2.45) is 0 Å². The molecule has 0 fully saturated rings. The average molecular weight is 291 g/mol. The summed E-state index contributed by atoms with van der Waals surface area (Å²) in [7, 11) is 2.21. The first-order chi connectivity index (χ1) is 10.4. The van der Waals surface area contributed by atoms with Gasteiger partial charge in [0.1, 0.15) is 6.54 Å². The molecule has 0 N–H and O–H groups in total. The molecule has 2 aromatic rings. The van der Waals surface area contributed by atoms with Gasteiger partial charge in [-0.05, 0) is 31.9 Å². The van der Waals surface area contributed by atoms with Gasteiger partial charge in [-0.15, -0.1) is 0 Å². The van der Waals surface area contributed by atoms with Crippen molar-refractivity contribution in [3.05, 3.63) is 59.7 Å². The fourth-order valence-corrected chi connectivity index (χ4v) is 3.97. The molecule has 0 amide bonds. The van der Waals surface area contributed by atoms with Gasteiger partial charge in [-0.25, -0.2) is 0 Å². The number of hydrogen-bond donors (Lipinski definition) is 0. The predicted octanol–water partition coefficient (Wildman–Crippen LogP) is 3.70. The van der Waals surface area contributed by atoms with E-state index in [1.165, 1.54) is 22.3 Å². The minimum atomic E-state index is -0.0551. The summed E-state index contributed by atoms with van der Waals surface area (Å²) in [5.74, 6) is 0. The molecule has 0 aromatic heterocycles. The quantitative estimate of drug-likeness (QED) is 0.671. The molecule has 0 radical (unpaired) electrons. The van der Waals surface area contributed by atoms with E-state index in [0.717, 1.165) is 6.54 Å². The first kappa shape index (κ1) is 13.6. The summed E-state index contributed by atoms with van der Waals surface area (Å²) in [5.41, 5.74) is 5.71. The molecule has 22 heavy (non-hydrogen) atoms. The number of hydrogen-bond acceptors (Lipinski definition) is 1. The van der Waals surface area contributed by atoms with Gasteiger partial charge in [0.25, 0.3) is 0 Å². The lowest BCUT2D eigenvalue weighted by Gasteiger charge is -2.29. The van der Waals surface area contributed by atoms with Crippen molar-refractivity contribution in [3.63, 3.8) is 0 Å². The van der Waals surface area contributed by atoms with E-state index in [-0.39, 0.29) is 11.1 Å². The SMILES string of the molecule is C[N+]1=CN(C(C)(C)C)CC12c1ccccc1-c1ccccc12. The number of likely N-dealkylation sites (N-methyl/N-ethyl adjacent to an activating group) is 1. The third-order valence-corrected chi connectivity index (χ3v) is 5.21. The van der Waals surface area contributed by atoms with Crippen LogP contribution in [0.3, 0.4) is 0 Å². The van der Waals surface area contributed by atoms with Crippen molar-refractivity contribution >= 4 is 6.34 Å². The van der Waals surface area contributed by atoms with Crippen LogP contribution in [0.15, 0.2) is 48.5 Å². The Morgan fingerprint density at radius 1 is 0.909 bits per heavy atom. The van der Waals surface area contributed by atoms with Crippen LogP contribution in [0.5, 0.6) is 0 Å². The highest BCUT2D eigenvalue weighted by Gasteiger charge is 2.55. The van der Waals surface area contributed by atoms with Gasteiger partial charge < -0.3 is 0 Å². The number of benzene rings is 2. The molecule has 1 aliphatic heterocycles. The molecule has 0 saturated carbocycles. The monoisotopic (exact) mass is 291 g/mol. The molecule has 2 aromatic carbocycles. The Morgan fingerprint density at radius 2 is 1.41 bits per heavy atom. The lowest BCUT2D eigenvalue weighted by atomic mass is 9.86. The van der Waals surface area contributed by atoms with E-state index >= 15 is 0 Å². The van der Waals surface area contributed by atoms with Gasteiger partial charge in [0.05, 0.1) is 12.6 Å². The molecule has 1 spiro atoms. The van der Waals surface area contributed by atoms with Crippen molar-refractivity contribution in [1.29, 1.82) is 0 Å². The molecular formula is C20H23N2+. The van der Waals surface area contributed by atoms with E-state index in [1.807, 2.05) is 0 Å². The van der Waals surface area contributed by atoms with Crippen LogP contribution >= 0.6 is 0 Å². The first-order valence-corrected chi connectivity index (χ1v) is 7.99. The number of nitrogens with zero attached hydrogens (tertiary/aromatic N) is 2. The summed E-state index contributed by atoms with van der Waals surface area (Å²) in [6.07, 6.45) is 2.29. The Morgan fingerprint density at radius 3 is 1.86 bits per heavy atom. The van der Waals surface area contributed by atoms with Crippen LogP contribution in [0, 0.1) is 0 Å². The summed E-state index contributed by atoms with van der Waals surface area (Å²) in [5, 5.41) is 0. The summed E-state index contributed by atoms with van der Waals surface area (Å²) >= 11 is 0. The van der Waals surface area contributed by atoms with Gasteiger partial charge in [-0.1, -0.05) is 48.5 Å². The van der Waals surface area contributed by atoms with Gasteiger partial charge in [0.2, 0.25) is 6.34 Å². The zero-order valence-electron chi connectivity index (χ0n) is 13.8.